The molecule has 44 valence electrons. The molecule has 2 aliphatic carbocycles. The van der Waals surface area contributed by atoms with Crippen molar-refractivity contribution < 1.29 is 0 Å². The summed E-state index contributed by atoms with van der Waals surface area (Å²) in [6, 6.07) is 0. The molecule has 0 aromatic rings. The van der Waals surface area contributed by atoms with E-state index in [2.05, 4.69) is 6.58 Å². The molecule has 2 bridgehead atoms. The van der Waals surface area contributed by atoms with Crippen LogP contribution in [-0.4, -0.2) is 0 Å². The average molecular weight is 108 g/mol. The van der Waals surface area contributed by atoms with E-state index in [4.69, 9.17) is 0 Å². The molecule has 0 radical (unpaired) electrons. The second-order valence-electron chi connectivity index (χ2n) is 3.24. The Kier molecular flexibility index (Phi) is 0.787. The summed E-state index contributed by atoms with van der Waals surface area (Å²) in [6.07, 6.45) is 5.76. The summed E-state index contributed by atoms with van der Waals surface area (Å²) in [5.74, 6) is 1.99. The van der Waals surface area contributed by atoms with Gasteiger partial charge in [0.05, 0.1) is 0 Å². The first-order chi connectivity index (χ1) is 3.86. The summed E-state index contributed by atoms with van der Waals surface area (Å²) >= 11 is 0. The highest BCUT2D eigenvalue weighted by molar-refractivity contribution is 5.12. The molecule has 2 saturated carbocycles. The van der Waals surface area contributed by atoms with Gasteiger partial charge in [-0.2, -0.15) is 0 Å². The standard InChI is InChI=1S/C8H12/c1-6-4-7-2-3-8(6)5-7/h7-8H,1-5H2/t7-,8+/m1/s1. The fourth-order valence-electron chi connectivity index (χ4n) is 2.17. The van der Waals surface area contributed by atoms with Gasteiger partial charge < -0.3 is 0 Å². The van der Waals surface area contributed by atoms with Crippen molar-refractivity contribution in [3.8, 4) is 0 Å². The van der Waals surface area contributed by atoms with E-state index in [0.29, 0.717) is 0 Å². The lowest BCUT2D eigenvalue weighted by molar-refractivity contribution is 0.562. The number of hydrogen-bond donors (Lipinski definition) is 0. The van der Waals surface area contributed by atoms with Crippen molar-refractivity contribution in [3.63, 3.8) is 0 Å². The molecule has 2 rings (SSSR count). The molecule has 2 fully saturated rings. The van der Waals surface area contributed by atoms with Crippen LogP contribution in [0.2, 0.25) is 0 Å². The van der Waals surface area contributed by atoms with E-state index in [1.54, 1.807) is 5.57 Å². The molecule has 8 heavy (non-hydrogen) atoms. The first-order valence-corrected chi connectivity index (χ1v) is 3.54. The summed E-state index contributed by atoms with van der Waals surface area (Å²) in [7, 11) is 0. The summed E-state index contributed by atoms with van der Waals surface area (Å²) in [5, 5.41) is 0. The first kappa shape index (κ1) is 4.60. The molecule has 0 heteroatoms. The van der Waals surface area contributed by atoms with Crippen LogP contribution in [-0.2, 0) is 0 Å². The SMILES string of the molecule is C=C1C[C@H]2CC[C@H]1C2. The van der Waals surface area contributed by atoms with Crippen LogP contribution >= 0.6 is 0 Å². The van der Waals surface area contributed by atoms with E-state index < -0.39 is 0 Å². The zero-order valence-electron chi connectivity index (χ0n) is 5.19. The molecule has 0 heterocycles. The van der Waals surface area contributed by atoms with Crippen molar-refractivity contribution in [1.29, 1.82) is 0 Å². The van der Waals surface area contributed by atoms with Gasteiger partial charge in [-0.3, -0.25) is 0 Å². The molecular formula is C8H12. The molecule has 2 aliphatic rings. The third kappa shape index (κ3) is 0.460. The third-order valence-electron chi connectivity index (χ3n) is 2.67. The summed E-state index contributed by atoms with van der Waals surface area (Å²) in [5.41, 5.74) is 1.54. The van der Waals surface area contributed by atoms with Crippen LogP contribution in [0.4, 0.5) is 0 Å². The topological polar surface area (TPSA) is 0 Å². The normalized spacial score (nSPS) is 43.8. The molecule has 0 N–H and O–H groups in total. The Morgan fingerprint density at radius 1 is 1.38 bits per heavy atom. The molecule has 0 saturated heterocycles. The Hall–Kier alpha value is -0.260. The van der Waals surface area contributed by atoms with E-state index in [9.17, 15) is 0 Å². The Morgan fingerprint density at radius 2 is 2.25 bits per heavy atom. The predicted octanol–water partition coefficient (Wildman–Crippen LogP) is 2.36. The van der Waals surface area contributed by atoms with Crippen molar-refractivity contribution in [2.24, 2.45) is 11.8 Å². The Labute approximate surface area is 50.6 Å². The second-order valence-corrected chi connectivity index (χ2v) is 3.24. The van der Waals surface area contributed by atoms with Crippen molar-refractivity contribution in [2.75, 3.05) is 0 Å². The lowest BCUT2D eigenvalue weighted by Gasteiger charge is -2.09. The second kappa shape index (κ2) is 1.37. The summed E-state index contributed by atoms with van der Waals surface area (Å²) in [6.45, 7) is 4.04. The van der Waals surface area contributed by atoms with Crippen LogP contribution in [0.3, 0.4) is 0 Å². The molecule has 0 unspecified atom stereocenters. The van der Waals surface area contributed by atoms with Crippen LogP contribution in [0.25, 0.3) is 0 Å². The zero-order valence-corrected chi connectivity index (χ0v) is 5.19. The lowest BCUT2D eigenvalue weighted by Crippen LogP contribution is -1.95. The summed E-state index contributed by atoms with van der Waals surface area (Å²) < 4.78 is 0. The molecule has 2 atom stereocenters. The number of hydrogen-bond acceptors (Lipinski definition) is 0. The first-order valence-electron chi connectivity index (χ1n) is 3.54. The highest BCUT2D eigenvalue weighted by atomic mass is 14.4. The maximum atomic E-state index is 4.04. The fraction of sp³-hybridized carbons (Fsp3) is 0.750. The van der Waals surface area contributed by atoms with Crippen LogP contribution < -0.4 is 0 Å². The monoisotopic (exact) mass is 108 g/mol. The highest BCUT2D eigenvalue weighted by Crippen LogP contribution is 2.46. The largest absolute Gasteiger partial charge is 0.0996 e. The minimum Gasteiger partial charge on any atom is -0.0996 e. The van der Waals surface area contributed by atoms with E-state index in [1.165, 1.54) is 25.7 Å². The Bertz CT molecular complexity index is 124. The highest BCUT2D eigenvalue weighted by Gasteiger charge is 2.33. The van der Waals surface area contributed by atoms with Gasteiger partial charge in [0.15, 0.2) is 0 Å². The van der Waals surface area contributed by atoms with E-state index in [0.717, 1.165) is 11.8 Å². The quantitative estimate of drug-likeness (QED) is 0.418. The van der Waals surface area contributed by atoms with Gasteiger partial charge in [-0.1, -0.05) is 12.2 Å². The van der Waals surface area contributed by atoms with E-state index in [1.807, 2.05) is 0 Å². The van der Waals surface area contributed by atoms with Gasteiger partial charge in [0.1, 0.15) is 0 Å². The fourth-order valence-corrected chi connectivity index (χ4v) is 2.17. The minimum absolute atomic E-state index is 0.944. The molecule has 0 amide bonds. The van der Waals surface area contributed by atoms with Crippen LogP contribution in [0.15, 0.2) is 12.2 Å². The maximum absolute atomic E-state index is 4.04. The van der Waals surface area contributed by atoms with Gasteiger partial charge in [0.2, 0.25) is 0 Å². The van der Waals surface area contributed by atoms with Crippen LogP contribution in [0.5, 0.6) is 0 Å². The van der Waals surface area contributed by atoms with Gasteiger partial charge in [0, 0.05) is 0 Å². The number of fused-ring (bicyclic) bond motifs is 2. The molecule has 0 nitrogen and oxygen atoms in total. The van der Waals surface area contributed by atoms with Crippen LogP contribution in [0.1, 0.15) is 25.7 Å². The van der Waals surface area contributed by atoms with E-state index in [-0.39, 0.29) is 0 Å². The van der Waals surface area contributed by atoms with Crippen molar-refractivity contribution in [1.82, 2.24) is 0 Å². The van der Waals surface area contributed by atoms with Gasteiger partial charge in [0.25, 0.3) is 0 Å². The average Bonchev–Trinajstić information content (AvgIpc) is 2.23. The molecular weight excluding hydrogens is 96.1 g/mol. The van der Waals surface area contributed by atoms with Gasteiger partial charge in [-0.15, -0.1) is 0 Å². The Morgan fingerprint density at radius 3 is 2.50 bits per heavy atom. The summed E-state index contributed by atoms with van der Waals surface area (Å²) in [4.78, 5) is 0. The maximum Gasteiger partial charge on any atom is -0.0203 e. The lowest BCUT2D eigenvalue weighted by atomic mass is 9.96. The van der Waals surface area contributed by atoms with Gasteiger partial charge >= 0.3 is 0 Å². The van der Waals surface area contributed by atoms with Crippen molar-refractivity contribution in [3.05, 3.63) is 12.2 Å². The van der Waals surface area contributed by atoms with Crippen molar-refractivity contribution in [2.45, 2.75) is 25.7 Å². The number of allylic oxidation sites excluding steroid dienone is 1. The predicted molar refractivity (Wildman–Crippen MR) is 34.6 cm³/mol. The molecule has 0 aliphatic heterocycles. The van der Waals surface area contributed by atoms with Crippen LogP contribution in [0, 0.1) is 11.8 Å². The minimum atomic E-state index is 0.944. The molecule has 0 spiro atoms. The smallest absolute Gasteiger partial charge is 0.0203 e. The van der Waals surface area contributed by atoms with Crippen molar-refractivity contribution >= 4 is 0 Å². The third-order valence-corrected chi connectivity index (χ3v) is 2.67. The molecule has 0 aromatic carbocycles. The number of rotatable bonds is 0. The zero-order chi connectivity index (χ0) is 5.56. The van der Waals surface area contributed by atoms with E-state index >= 15 is 0 Å². The van der Waals surface area contributed by atoms with Gasteiger partial charge in [-0.05, 0) is 37.5 Å². The van der Waals surface area contributed by atoms with Gasteiger partial charge in [-0.25, -0.2) is 0 Å². The Balaban J connectivity index is 2.22. The molecule has 0 aromatic heterocycles.